The maximum Gasteiger partial charge on any atom is 0.260 e. The maximum absolute atomic E-state index is 12.7. The molecule has 1 fully saturated rings. The number of likely N-dealkylation sites (tertiary alicyclic amines) is 1. The molecule has 6 nitrogen and oxygen atoms in total. The van der Waals surface area contributed by atoms with E-state index in [-0.39, 0.29) is 18.1 Å². The van der Waals surface area contributed by atoms with Crippen LogP contribution in [0.25, 0.3) is 10.8 Å². The topological polar surface area (TPSA) is 60.8 Å². The van der Waals surface area contributed by atoms with E-state index in [1.807, 2.05) is 17.9 Å². The molecule has 0 spiro atoms. The van der Waals surface area contributed by atoms with E-state index >= 15 is 0 Å². The van der Waals surface area contributed by atoms with Crippen LogP contribution in [0.1, 0.15) is 26.7 Å². The van der Waals surface area contributed by atoms with Crippen LogP contribution >= 0.6 is 0 Å². The first kappa shape index (κ1) is 19.4. The fraction of sp³-hybridized carbons (Fsp3) is 0.524. The largest absolute Gasteiger partial charge is 0.483 e. The Bertz CT molecular complexity index is 838. The summed E-state index contributed by atoms with van der Waals surface area (Å²) in [5.74, 6) is 1.25. The Kier molecular flexibility index (Phi) is 6.50. The third-order valence-corrected chi connectivity index (χ3v) is 5.15. The van der Waals surface area contributed by atoms with Gasteiger partial charge in [-0.1, -0.05) is 13.0 Å². The second kappa shape index (κ2) is 9.04. The van der Waals surface area contributed by atoms with Gasteiger partial charge in [0.25, 0.3) is 11.5 Å². The molecular formula is C21H28N2O4. The molecule has 1 aliphatic heterocycles. The van der Waals surface area contributed by atoms with E-state index < -0.39 is 0 Å². The summed E-state index contributed by atoms with van der Waals surface area (Å²) in [5, 5.41) is 1.32. The van der Waals surface area contributed by atoms with Gasteiger partial charge in [-0.3, -0.25) is 9.59 Å². The second-order valence-corrected chi connectivity index (χ2v) is 7.08. The molecule has 1 aromatic carbocycles. The number of benzene rings is 1. The van der Waals surface area contributed by atoms with Crippen molar-refractivity contribution in [3.05, 3.63) is 40.8 Å². The Balaban J connectivity index is 1.70. The van der Waals surface area contributed by atoms with Crippen molar-refractivity contribution in [2.45, 2.75) is 33.2 Å². The molecule has 3 rings (SSSR count). The van der Waals surface area contributed by atoms with Crippen LogP contribution in [-0.2, 0) is 16.1 Å². The Morgan fingerprint density at radius 3 is 2.70 bits per heavy atom. The second-order valence-electron chi connectivity index (χ2n) is 7.08. The van der Waals surface area contributed by atoms with Crippen molar-refractivity contribution in [1.29, 1.82) is 0 Å². The van der Waals surface area contributed by atoms with Crippen LogP contribution in [0.2, 0.25) is 0 Å². The van der Waals surface area contributed by atoms with Crippen LogP contribution in [0.3, 0.4) is 0 Å². The van der Waals surface area contributed by atoms with Gasteiger partial charge in [0, 0.05) is 37.8 Å². The van der Waals surface area contributed by atoms with Gasteiger partial charge in [0.1, 0.15) is 5.75 Å². The quantitative estimate of drug-likeness (QED) is 0.701. The average Bonchev–Trinajstić information content (AvgIpc) is 2.68. The number of piperidine rings is 1. The van der Waals surface area contributed by atoms with Crippen LogP contribution in [-0.4, -0.2) is 48.3 Å². The summed E-state index contributed by atoms with van der Waals surface area (Å²) in [7, 11) is 0. The molecule has 146 valence electrons. The van der Waals surface area contributed by atoms with E-state index in [0.29, 0.717) is 36.8 Å². The number of hydrogen-bond acceptors (Lipinski definition) is 4. The minimum absolute atomic E-state index is 0.000912. The average molecular weight is 372 g/mol. The first-order valence-corrected chi connectivity index (χ1v) is 9.70. The van der Waals surface area contributed by atoms with Gasteiger partial charge in [0.15, 0.2) is 6.61 Å². The highest BCUT2D eigenvalue weighted by molar-refractivity contribution is 5.88. The number of aromatic nitrogens is 1. The van der Waals surface area contributed by atoms with Gasteiger partial charge in [-0.05, 0) is 43.9 Å². The van der Waals surface area contributed by atoms with Crippen molar-refractivity contribution in [1.82, 2.24) is 9.47 Å². The molecule has 6 heteroatoms. The van der Waals surface area contributed by atoms with Crippen molar-refractivity contribution >= 4 is 16.7 Å². The van der Waals surface area contributed by atoms with Crippen LogP contribution < -0.4 is 10.3 Å². The molecule has 0 saturated carbocycles. The highest BCUT2D eigenvalue weighted by Gasteiger charge is 2.20. The van der Waals surface area contributed by atoms with Gasteiger partial charge in [-0.15, -0.1) is 0 Å². The minimum atomic E-state index is -0.0750. The third-order valence-electron chi connectivity index (χ3n) is 5.15. The van der Waals surface area contributed by atoms with E-state index in [1.54, 1.807) is 29.0 Å². The summed E-state index contributed by atoms with van der Waals surface area (Å²) in [4.78, 5) is 26.9. The van der Waals surface area contributed by atoms with Crippen molar-refractivity contribution in [3.63, 3.8) is 0 Å². The Labute approximate surface area is 159 Å². The van der Waals surface area contributed by atoms with Crippen LogP contribution in [0.5, 0.6) is 5.75 Å². The molecule has 0 bridgehead atoms. The van der Waals surface area contributed by atoms with Gasteiger partial charge in [-0.25, -0.2) is 0 Å². The zero-order valence-electron chi connectivity index (χ0n) is 16.1. The number of nitrogens with zero attached hydrogens (tertiary/aromatic N) is 2. The van der Waals surface area contributed by atoms with E-state index in [2.05, 4.69) is 6.92 Å². The third kappa shape index (κ3) is 4.69. The highest BCUT2D eigenvalue weighted by Crippen LogP contribution is 2.23. The molecule has 0 unspecified atom stereocenters. The number of amides is 1. The number of hydrogen-bond donors (Lipinski definition) is 0. The van der Waals surface area contributed by atoms with Crippen LogP contribution in [0.15, 0.2) is 35.3 Å². The normalized spacial score (nSPS) is 15.3. The van der Waals surface area contributed by atoms with E-state index in [4.69, 9.17) is 9.47 Å². The van der Waals surface area contributed by atoms with Gasteiger partial charge in [-0.2, -0.15) is 0 Å². The molecule has 1 amide bonds. The van der Waals surface area contributed by atoms with Crippen molar-refractivity contribution in [2.75, 3.05) is 32.9 Å². The summed E-state index contributed by atoms with van der Waals surface area (Å²) in [6.07, 6.45) is 3.84. The summed E-state index contributed by atoms with van der Waals surface area (Å²) < 4.78 is 12.8. The van der Waals surface area contributed by atoms with Crippen LogP contribution in [0, 0.1) is 5.92 Å². The molecule has 1 aromatic heterocycles. The highest BCUT2D eigenvalue weighted by atomic mass is 16.5. The minimum Gasteiger partial charge on any atom is -0.483 e. The smallest absolute Gasteiger partial charge is 0.260 e. The van der Waals surface area contributed by atoms with Crippen LogP contribution in [0.4, 0.5) is 0 Å². The molecule has 0 aliphatic carbocycles. The molecule has 1 aliphatic rings. The summed E-state index contributed by atoms with van der Waals surface area (Å²) in [6, 6.07) is 7.25. The maximum atomic E-state index is 12.7. The molecular weight excluding hydrogens is 344 g/mol. The lowest BCUT2D eigenvalue weighted by Gasteiger charge is -2.30. The van der Waals surface area contributed by atoms with Gasteiger partial charge >= 0.3 is 0 Å². The lowest BCUT2D eigenvalue weighted by Crippen LogP contribution is -2.40. The van der Waals surface area contributed by atoms with E-state index in [1.165, 1.54) is 0 Å². The number of pyridine rings is 1. The molecule has 0 atom stereocenters. The lowest BCUT2D eigenvalue weighted by atomic mass is 9.99. The fourth-order valence-corrected chi connectivity index (χ4v) is 3.39. The number of fused-ring (bicyclic) bond motifs is 1. The fourth-order valence-electron chi connectivity index (χ4n) is 3.39. The molecule has 2 heterocycles. The number of ether oxygens (including phenoxy) is 2. The summed E-state index contributed by atoms with van der Waals surface area (Å²) in [5.41, 5.74) is -0.0750. The Hall–Kier alpha value is -2.34. The summed E-state index contributed by atoms with van der Waals surface area (Å²) in [6.45, 7) is 7.38. The first-order valence-electron chi connectivity index (χ1n) is 9.70. The first-order chi connectivity index (χ1) is 13.1. The van der Waals surface area contributed by atoms with E-state index in [0.717, 1.165) is 31.3 Å². The zero-order valence-corrected chi connectivity index (χ0v) is 16.1. The standard InChI is InChI=1S/C21H28N2O4/c1-3-26-14-13-23-12-9-17-18(21(23)25)5-4-6-19(17)27-15-20(24)22-10-7-16(2)8-11-22/h4-6,9,12,16H,3,7-8,10-11,13-15H2,1-2H3. The van der Waals surface area contributed by atoms with Crippen molar-refractivity contribution < 1.29 is 14.3 Å². The van der Waals surface area contributed by atoms with Gasteiger partial charge in [0.05, 0.1) is 12.0 Å². The SMILES string of the molecule is CCOCCn1ccc2c(OCC(=O)N3CCC(C)CC3)cccc2c1=O. The van der Waals surface area contributed by atoms with Gasteiger partial charge < -0.3 is 18.9 Å². The molecule has 0 N–H and O–H groups in total. The van der Waals surface area contributed by atoms with Crippen molar-refractivity contribution in [3.8, 4) is 5.75 Å². The number of rotatable bonds is 7. The van der Waals surface area contributed by atoms with Gasteiger partial charge in [0.2, 0.25) is 0 Å². The number of carbonyl (C=O) groups excluding carboxylic acids is 1. The number of carbonyl (C=O) groups is 1. The predicted octanol–water partition coefficient (Wildman–Crippen LogP) is 2.68. The Morgan fingerprint density at radius 1 is 1.19 bits per heavy atom. The Morgan fingerprint density at radius 2 is 1.96 bits per heavy atom. The molecule has 1 saturated heterocycles. The molecule has 2 aromatic rings. The van der Waals surface area contributed by atoms with E-state index in [9.17, 15) is 9.59 Å². The lowest BCUT2D eigenvalue weighted by molar-refractivity contribution is -0.134. The monoisotopic (exact) mass is 372 g/mol. The molecule has 27 heavy (non-hydrogen) atoms. The zero-order chi connectivity index (χ0) is 19.2. The van der Waals surface area contributed by atoms with Crippen molar-refractivity contribution in [2.24, 2.45) is 5.92 Å². The predicted molar refractivity (Wildman–Crippen MR) is 105 cm³/mol. The summed E-state index contributed by atoms with van der Waals surface area (Å²) >= 11 is 0. The molecule has 0 radical (unpaired) electrons.